The number of ether oxygens (including phenoxy) is 2. The van der Waals surface area contributed by atoms with Crippen molar-refractivity contribution in [3.8, 4) is 11.5 Å². The number of nitrogens with zero attached hydrogens (tertiary/aromatic N) is 1. The SMILES string of the molecule is COc1c(Br)cc(C=O)c(OC(=O)c2ccc(N(C)C)cc2)c1Br. The standard InChI is InChI=1S/C17H15Br2NO4/c1-20(2)12-6-4-10(5-7-12)17(22)24-15-11(9-21)8-13(18)16(23-3)14(15)19/h4-9H,1-3H3. The van der Waals surface area contributed by atoms with Gasteiger partial charge < -0.3 is 14.4 Å². The van der Waals surface area contributed by atoms with Gasteiger partial charge in [-0.3, -0.25) is 4.79 Å². The molecule has 0 amide bonds. The molecular formula is C17H15Br2NO4. The van der Waals surface area contributed by atoms with Crippen molar-refractivity contribution >= 4 is 49.8 Å². The molecule has 0 aliphatic carbocycles. The lowest BCUT2D eigenvalue weighted by atomic mass is 10.2. The monoisotopic (exact) mass is 455 g/mol. The first kappa shape index (κ1) is 18.5. The molecule has 24 heavy (non-hydrogen) atoms. The molecule has 0 saturated heterocycles. The van der Waals surface area contributed by atoms with Crippen LogP contribution in [0.1, 0.15) is 20.7 Å². The van der Waals surface area contributed by atoms with E-state index in [-0.39, 0.29) is 11.3 Å². The van der Waals surface area contributed by atoms with Crippen LogP contribution in [-0.4, -0.2) is 33.5 Å². The van der Waals surface area contributed by atoms with Crippen molar-refractivity contribution in [2.45, 2.75) is 0 Å². The van der Waals surface area contributed by atoms with E-state index in [9.17, 15) is 9.59 Å². The molecule has 126 valence electrons. The van der Waals surface area contributed by atoms with Crippen LogP contribution in [-0.2, 0) is 0 Å². The molecule has 0 aromatic heterocycles. The molecule has 2 aromatic carbocycles. The fourth-order valence-corrected chi connectivity index (χ4v) is 3.59. The molecule has 0 spiro atoms. The van der Waals surface area contributed by atoms with Crippen molar-refractivity contribution in [1.82, 2.24) is 0 Å². The molecular weight excluding hydrogens is 442 g/mol. The van der Waals surface area contributed by atoms with Crippen molar-refractivity contribution in [3.63, 3.8) is 0 Å². The third-order valence-corrected chi connectivity index (χ3v) is 4.61. The lowest BCUT2D eigenvalue weighted by Gasteiger charge is -2.14. The molecule has 0 aliphatic heterocycles. The summed E-state index contributed by atoms with van der Waals surface area (Å²) in [5.74, 6) is -0.00780. The maximum atomic E-state index is 12.4. The molecule has 2 aromatic rings. The highest BCUT2D eigenvalue weighted by Crippen LogP contribution is 2.42. The van der Waals surface area contributed by atoms with Crippen molar-refractivity contribution in [2.75, 3.05) is 26.1 Å². The molecule has 2 rings (SSSR count). The van der Waals surface area contributed by atoms with Gasteiger partial charge in [0.2, 0.25) is 0 Å². The number of hydrogen-bond acceptors (Lipinski definition) is 5. The smallest absolute Gasteiger partial charge is 0.343 e. The second-order valence-corrected chi connectivity index (χ2v) is 6.72. The molecule has 0 saturated carbocycles. The molecule has 0 N–H and O–H groups in total. The van der Waals surface area contributed by atoms with Crippen LogP contribution in [0, 0.1) is 0 Å². The highest BCUT2D eigenvalue weighted by Gasteiger charge is 2.20. The minimum Gasteiger partial charge on any atom is -0.494 e. The summed E-state index contributed by atoms with van der Waals surface area (Å²) < 4.78 is 11.6. The van der Waals surface area contributed by atoms with E-state index in [1.807, 2.05) is 31.1 Å². The number of carbonyl (C=O) groups is 2. The van der Waals surface area contributed by atoms with E-state index in [1.54, 1.807) is 12.1 Å². The van der Waals surface area contributed by atoms with Gasteiger partial charge in [0.05, 0.1) is 22.7 Å². The Morgan fingerprint density at radius 2 is 1.75 bits per heavy atom. The number of rotatable bonds is 5. The number of benzene rings is 2. The lowest BCUT2D eigenvalue weighted by molar-refractivity contribution is 0.0732. The van der Waals surface area contributed by atoms with Crippen molar-refractivity contribution in [2.24, 2.45) is 0 Å². The second kappa shape index (κ2) is 7.81. The van der Waals surface area contributed by atoms with Gasteiger partial charge in [-0.05, 0) is 62.2 Å². The second-order valence-electron chi connectivity index (χ2n) is 5.07. The Kier molecular flexibility index (Phi) is 6.01. The van der Waals surface area contributed by atoms with Gasteiger partial charge in [0, 0.05) is 19.8 Å². The Hall–Kier alpha value is -1.86. The Labute approximate surface area is 156 Å². The molecule has 0 radical (unpaired) electrons. The molecule has 0 atom stereocenters. The molecule has 5 nitrogen and oxygen atoms in total. The van der Waals surface area contributed by atoms with E-state index in [2.05, 4.69) is 31.9 Å². The summed E-state index contributed by atoms with van der Waals surface area (Å²) in [5.41, 5.74) is 1.57. The van der Waals surface area contributed by atoms with Crippen molar-refractivity contribution in [3.05, 3.63) is 50.4 Å². The first-order chi connectivity index (χ1) is 11.4. The number of methoxy groups -OCH3 is 1. The van der Waals surface area contributed by atoms with Crippen LogP contribution in [0.5, 0.6) is 11.5 Å². The number of anilines is 1. The number of carbonyl (C=O) groups excluding carboxylic acids is 2. The Morgan fingerprint density at radius 3 is 2.25 bits per heavy atom. The van der Waals surface area contributed by atoms with Crippen LogP contribution in [0.2, 0.25) is 0 Å². The summed E-state index contributed by atoms with van der Waals surface area (Å²) in [6, 6.07) is 8.50. The van der Waals surface area contributed by atoms with Crippen LogP contribution in [0.15, 0.2) is 39.3 Å². The van der Waals surface area contributed by atoms with Crippen LogP contribution in [0.4, 0.5) is 5.69 Å². The van der Waals surface area contributed by atoms with Gasteiger partial charge in [-0.15, -0.1) is 0 Å². The minimum atomic E-state index is -0.562. The Bertz CT molecular complexity index is 773. The van der Waals surface area contributed by atoms with E-state index in [0.717, 1.165) is 5.69 Å². The lowest BCUT2D eigenvalue weighted by Crippen LogP contribution is -2.12. The van der Waals surface area contributed by atoms with Crippen LogP contribution in [0.25, 0.3) is 0 Å². The van der Waals surface area contributed by atoms with Crippen molar-refractivity contribution in [1.29, 1.82) is 0 Å². The van der Waals surface area contributed by atoms with Crippen molar-refractivity contribution < 1.29 is 19.1 Å². The summed E-state index contributed by atoms with van der Waals surface area (Å²) in [5, 5.41) is 0. The van der Waals surface area contributed by atoms with E-state index in [0.29, 0.717) is 26.5 Å². The third-order valence-electron chi connectivity index (χ3n) is 3.31. The molecule has 0 aliphatic rings. The van der Waals surface area contributed by atoms with Crippen LogP contribution < -0.4 is 14.4 Å². The van der Waals surface area contributed by atoms with Gasteiger partial charge in [0.1, 0.15) is 4.47 Å². The molecule has 7 heteroatoms. The normalized spacial score (nSPS) is 10.2. The fourth-order valence-electron chi connectivity index (χ4n) is 2.03. The predicted octanol–water partition coefficient (Wildman–Crippen LogP) is 4.32. The van der Waals surface area contributed by atoms with Crippen LogP contribution >= 0.6 is 31.9 Å². The van der Waals surface area contributed by atoms with Gasteiger partial charge in [-0.25, -0.2) is 4.79 Å². The molecule has 0 heterocycles. The molecule has 0 fully saturated rings. The average molecular weight is 457 g/mol. The Morgan fingerprint density at radius 1 is 1.12 bits per heavy atom. The van der Waals surface area contributed by atoms with Gasteiger partial charge in [-0.2, -0.15) is 0 Å². The largest absolute Gasteiger partial charge is 0.494 e. The number of hydrogen-bond donors (Lipinski definition) is 0. The first-order valence-electron chi connectivity index (χ1n) is 6.89. The first-order valence-corrected chi connectivity index (χ1v) is 8.48. The highest BCUT2D eigenvalue weighted by molar-refractivity contribution is 9.11. The average Bonchev–Trinajstić information content (AvgIpc) is 2.57. The summed E-state index contributed by atoms with van der Waals surface area (Å²) in [6.07, 6.45) is 0.618. The fraction of sp³-hybridized carbons (Fsp3) is 0.176. The third kappa shape index (κ3) is 3.79. The quantitative estimate of drug-likeness (QED) is 0.381. The topological polar surface area (TPSA) is 55.8 Å². The maximum Gasteiger partial charge on any atom is 0.343 e. The number of halogens is 2. The van der Waals surface area contributed by atoms with Crippen LogP contribution in [0.3, 0.4) is 0 Å². The van der Waals surface area contributed by atoms with Gasteiger partial charge in [-0.1, -0.05) is 0 Å². The zero-order valence-corrected chi connectivity index (χ0v) is 16.5. The molecule has 0 unspecified atom stereocenters. The van der Waals surface area contributed by atoms with E-state index in [1.165, 1.54) is 13.2 Å². The van der Waals surface area contributed by atoms with Gasteiger partial charge in [0.15, 0.2) is 17.8 Å². The van der Waals surface area contributed by atoms with E-state index >= 15 is 0 Å². The van der Waals surface area contributed by atoms with Gasteiger partial charge in [0.25, 0.3) is 0 Å². The zero-order valence-electron chi connectivity index (χ0n) is 13.3. The van der Waals surface area contributed by atoms with Gasteiger partial charge >= 0.3 is 5.97 Å². The minimum absolute atomic E-state index is 0.117. The summed E-state index contributed by atoms with van der Waals surface area (Å²) in [4.78, 5) is 25.6. The Balaban J connectivity index is 2.36. The maximum absolute atomic E-state index is 12.4. The zero-order chi connectivity index (χ0) is 17.9. The van der Waals surface area contributed by atoms with E-state index < -0.39 is 5.97 Å². The predicted molar refractivity (Wildman–Crippen MR) is 99.5 cm³/mol. The summed E-state index contributed by atoms with van der Waals surface area (Å²) in [6.45, 7) is 0. The number of aldehydes is 1. The highest BCUT2D eigenvalue weighted by atomic mass is 79.9. The summed E-state index contributed by atoms with van der Waals surface area (Å²) >= 11 is 6.62. The molecule has 0 bridgehead atoms. The number of esters is 1. The summed E-state index contributed by atoms with van der Waals surface area (Å²) in [7, 11) is 5.31. The van der Waals surface area contributed by atoms with E-state index in [4.69, 9.17) is 9.47 Å².